The van der Waals surface area contributed by atoms with Crippen molar-refractivity contribution in [3.63, 3.8) is 0 Å². The fraction of sp³-hybridized carbons (Fsp3) is 0.300. The fourth-order valence-corrected chi connectivity index (χ4v) is 1.44. The number of aromatic hydroxyl groups is 1. The van der Waals surface area contributed by atoms with Crippen molar-refractivity contribution in [2.24, 2.45) is 0 Å². The Kier molecular flexibility index (Phi) is 3.16. The van der Waals surface area contributed by atoms with Gasteiger partial charge in [0.2, 0.25) is 0 Å². The average molecular weight is 196 g/mol. The molecule has 0 radical (unpaired) electrons. The van der Waals surface area contributed by atoms with Gasteiger partial charge in [-0.15, -0.1) is 0 Å². The Morgan fingerprint density at radius 3 is 2.77 bits per heavy atom. The average Bonchev–Trinajstić information content (AvgIpc) is 2.10. The number of benzene rings is 1. The van der Waals surface area contributed by atoms with Crippen molar-refractivity contribution in [3.05, 3.63) is 28.3 Å². The molecule has 0 fully saturated rings. The molecule has 2 nitrogen and oxygen atoms in total. The van der Waals surface area contributed by atoms with Crippen LogP contribution < -0.4 is 0 Å². The van der Waals surface area contributed by atoms with Crippen LogP contribution in [0.4, 0.5) is 0 Å². The number of hydrogen-bond acceptors (Lipinski definition) is 2. The molecule has 0 atom stereocenters. The third kappa shape index (κ3) is 2.37. The first kappa shape index (κ1) is 9.88. The number of nitrogens with zero attached hydrogens (tertiary/aromatic N) is 1. The van der Waals surface area contributed by atoms with Crippen LogP contribution in [-0.2, 0) is 6.42 Å². The molecule has 68 valence electrons. The molecule has 0 spiro atoms. The second kappa shape index (κ2) is 4.15. The predicted molar refractivity (Wildman–Crippen MR) is 51.8 cm³/mol. The molecule has 1 aromatic rings. The van der Waals surface area contributed by atoms with Crippen LogP contribution >= 0.6 is 11.6 Å². The third-order valence-corrected chi connectivity index (χ3v) is 2.13. The lowest BCUT2D eigenvalue weighted by Crippen LogP contribution is -1.86. The Morgan fingerprint density at radius 2 is 2.23 bits per heavy atom. The zero-order valence-corrected chi connectivity index (χ0v) is 8.10. The van der Waals surface area contributed by atoms with Crippen molar-refractivity contribution in [1.82, 2.24) is 0 Å². The summed E-state index contributed by atoms with van der Waals surface area (Å²) in [7, 11) is 0. The summed E-state index contributed by atoms with van der Waals surface area (Å²) in [5, 5.41) is 18.1. The van der Waals surface area contributed by atoms with Crippen LogP contribution in [0, 0.1) is 18.3 Å². The number of phenolic OH excluding ortho intramolecular Hbond substituents is 1. The standard InChI is InChI=1S/C10H10ClNO/c1-7-5-8(3-2-4-12)6-9(11)10(7)13/h5-6,13H,2-3H2,1H3. The lowest BCUT2D eigenvalue weighted by atomic mass is 10.1. The summed E-state index contributed by atoms with van der Waals surface area (Å²) in [6, 6.07) is 5.61. The maximum absolute atomic E-state index is 9.36. The molecule has 13 heavy (non-hydrogen) atoms. The quantitative estimate of drug-likeness (QED) is 0.789. The molecule has 1 aromatic carbocycles. The van der Waals surface area contributed by atoms with Crippen molar-refractivity contribution in [2.75, 3.05) is 0 Å². The van der Waals surface area contributed by atoms with Gasteiger partial charge in [-0.25, -0.2) is 0 Å². The summed E-state index contributed by atoms with van der Waals surface area (Å²) in [4.78, 5) is 0. The van der Waals surface area contributed by atoms with E-state index in [1.807, 2.05) is 6.07 Å². The molecule has 1 rings (SSSR count). The molecule has 0 amide bonds. The van der Waals surface area contributed by atoms with E-state index in [9.17, 15) is 5.11 Å². The van der Waals surface area contributed by atoms with E-state index in [0.29, 0.717) is 17.9 Å². The number of rotatable bonds is 2. The van der Waals surface area contributed by atoms with Gasteiger partial charge in [-0.2, -0.15) is 5.26 Å². The van der Waals surface area contributed by atoms with E-state index in [-0.39, 0.29) is 5.75 Å². The number of phenols is 1. The van der Waals surface area contributed by atoms with Gasteiger partial charge in [-0.3, -0.25) is 0 Å². The minimum atomic E-state index is 0.127. The molecule has 0 aliphatic carbocycles. The minimum absolute atomic E-state index is 0.127. The molecule has 0 aromatic heterocycles. The topological polar surface area (TPSA) is 44.0 Å². The number of aryl methyl sites for hydroxylation is 2. The summed E-state index contributed by atoms with van der Waals surface area (Å²) < 4.78 is 0. The van der Waals surface area contributed by atoms with E-state index in [1.165, 1.54) is 0 Å². The van der Waals surface area contributed by atoms with Crippen molar-refractivity contribution in [3.8, 4) is 11.8 Å². The predicted octanol–water partition coefficient (Wildman–Crippen LogP) is 2.81. The van der Waals surface area contributed by atoms with Gasteiger partial charge in [0.1, 0.15) is 5.75 Å². The fourth-order valence-electron chi connectivity index (χ4n) is 1.15. The summed E-state index contributed by atoms with van der Waals surface area (Å²) in [6.07, 6.45) is 1.15. The van der Waals surface area contributed by atoms with E-state index in [1.54, 1.807) is 13.0 Å². The first-order valence-corrected chi connectivity index (χ1v) is 4.38. The molecule has 1 N–H and O–H groups in total. The molecule has 0 heterocycles. The van der Waals surface area contributed by atoms with Crippen molar-refractivity contribution < 1.29 is 5.11 Å². The van der Waals surface area contributed by atoms with Gasteiger partial charge in [0.15, 0.2) is 0 Å². The second-order valence-corrected chi connectivity index (χ2v) is 3.31. The Balaban J connectivity index is 2.94. The second-order valence-electron chi connectivity index (χ2n) is 2.90. The summed E-state index contributed by atoms with van der Waals surface area (Å²) in [5.74, 6) is 0.127. The summed E-state index contributed by atoms with van der Waals surface area (Å²) in [6.45, 7) is 1.79. The highest BCUT2D eigenvalue weighted by Crippen LogP contribution is 2.28. The van der Waals surface area contributed by atoms with Gasteiger partial charge in [-0.05, 0) is 30.5 Å². The molecule has 0 aliphatic heterocycles. The van der Waals surface area contributed by atoms with E-state index >= 15 is 0 Å². The maximum Gasteiger partial charge on any atom is 0.137 e. The molecule has 0 unspecified atom stereocenters. The van der Waals surface area contributed by atoms with Gasteiger partial charge in [0, 0.05) is 6.42 Å². The van der Waals surface area contributed by atoms with Crippen LogP contribution in [-0.4, -0.2) is 5.11 Å². The highest BCUT2D eigenvalue weighted by Gasteiger charge is 2.04. The lowest BCUT2D eigenvalue weighted by molar-refractivity contribution is 0.471. The smallest absolute Gasteiger partial charge is 0.137 e. The zero-order valence-electron chi connectivity index (χ0n) is 7.34. The monoisotopic (exact) mass is 195 g/mol. The first-order chi connectivity index (χ1) is 6.15. The Hall–Kier alpha value is -1.20. The van der Waals surface area contributed by atoms with Gasteiger partial charge in [0.25, 0.3) is 0 Å². The van der Waals surface area contributed by atoms with E-state index in [4.69, 9.17) is 16.9 Å². The van der Waals surface area contributed by atoms with E-state index < -0.39 is 0 Å². The van der Waals surface area contributed by atoms with E-state index in [0.717, 1.165) is 11.1 Å². The molecule has 0 aliphatic rings. The van der Waals surface area contributed by atoms with E-state index in [2.05, 4.69) is 6.07 Å². The van der Waals surface area contributed by atoms with Crippen LogP contribution in [0.2, 0.25) is 5.02 Å². The van der Waals surface area contributed by atoms with Crippen molar-refractivity contribution in [1.29, 1.82) is 5.26 Å². The van der Waals surface area contributed by atoms with Gasteiger partial charge in [0.05, 0.1) is 11.1 Å². The molecular formula is C10H10ClNO. The minimum Gasteiger partial charge on any atom is -0.506 e. The van der Waals surface area contributed by atoms with Gasteiger partial charge >= 0.3 is 0 Å². The Morgan fingerprint density at radius 1 is 1.54 bits per heavy atom. The highest BCUT2D eigenvalue weighted by atomic mass is 35.5. The van der Waals surface area contributed by atoms with Crippen molar-refractivity contribution in [2.45, 2.75) is 19.8 Å². The van der Waals surface area contributed by atoms with Crippen molar-refractivity contribution >= 4 is 11.6 Å². The van der Waals surface area contributed by atoms with Crippen LogP contribution in [0.25, 0.3) is 0 Å². The molecule has 0 bridgehead atoms. The highest BCUT2D eigenvalue weighted by molar-refractivity contribution is 6.32. The summed E-state index contributed by atoms with van der Waals surface area (Å²) in [5.41, 5.74) is 1.74. The molecule has 3 heteroatoms. The lowest BCUT2D eigenvalue weighted by Gasteiger charge is -2.04. The van der Waals surface area contributed by atoms with Gasteiger partial charge < -0.3 is 5.11 Å². The van der Waals surface area contributed by atoms with Crippen LogP contribution in [0.1, 0.15) is 17.5 Å². The number of halogens is 1. The molecular weight excluding hydrogens is 186 g/mol. The Bertz CT molecular complexity index is 331. The zero-order chi connectivity index (χ0) is 9.84. The number of hydrogen-bond donors (Lipinski definition) is 1. The van der Waals surface area contributed by atoms with Gasteiger partial charge in [-0.1, -0.05) is 17.7 Å². The third-order valence-electron chi connectivity index (χ3n) is 1.84. The first-order valence-electron chi connectivity index (χ1n) is 4.00. The molecule has 0 saturated carbocycles. The summed E-state index contributed by atoms with van der Waals surface area (Å²) >= 11 is 5.77. The normalized spacial score (nSPS) is 9.62. The largest absolute Gasteiger partial charge is 0.506 e. The van der Waals surface area contributed by atoms with Crippen LogP contribution in [0.15, 0.2) is 12.1 Å². The van der Waals surface area contributed by atoms with Crippen LogP contribution in [0.5, 0.6) is 5.75 Å². The van der Waals surface area contributed by atoms with Crippen LogP contribution in [0.3, 0.4) is 0 Å². The molecule has 0 saturated heterocycles. The SMILES string of the molecule is Cc1cc(CCC#N)cc(Cl)c1O. The number of nitriles is 1. The Labute approximate surface area is 82.4 Å². The maximum atomic E-state index is 9.36.